The number of nitrogens with zero attached hydrogens (tertiary/aromatic N) is 3. The molecule has 1 N–H and O–H groups in total. The van der Waals surface area contributed by atoms with Gasteiger partial charge < -0.3 is 19.5 Å². The number of anilines is 1. The van der Waals surface area contributed by atoms with E-state index in [0.717, 1.165) is 51.1 Å². The number of rotatable bonds is 5. The summed E-state index contributed by atoms with van der Waals surface area (Å²) >= 11 is 0. The quantitative estimate of drug-likeness (QED) is 0.384. The number of carbonyl (C=O) groups excluding carboxylic acids is 1. The molecule has 2 aliphatic carbocycles. The highest BCUT2D eigenvalue weighted by atomic mass is 16.6. The summed E-state index contributed by atoms with van der Waals surface area (Å²) in [7, 11) is 1.69. The zero-order valence-corrected chi connectivity index (χ0v) is 20.9. The van der Waals surface area contributed by atoms with Crippen molar-refractivity contribution >= 4 is 17.3 Å². The highest BCUT2D eigenvalue weighted by molar-refractivity contribution is 5.75. The molecule has 0 unspecified atom stereocenters. The van der Waals surface area contributed by atoms with Crippen molar-refractivity contribution in [1.29, 1.82) is 0 Å². The first-order chi connectivity index (χ1) is 16.6. The fourth-order valence-electron chi connectivity index (χ4n) is 7.34. The Balaban J connectivity index is 1.25. The second kappa shape index (κ2) is 8.71. The van der Waals surface area contributed by atoms with Crippen LogP contribution < -0.4 is 4.90 Å². The van der Waals surface area contributed by atoms with Crippen molar-refractivity contribution in [1.82, 2.24) is 4.90 Å². The first-order valence-electron chi connectivity index (χ1n) is 12.8. The summed E-state index contributed by atoms with van der Waals surface area (Å²) in [5.41, 5.74) is -0.884. The van der Waals surface area contributed by atoms with Gasteiger partial charge >= 0.3 is 5.97 Å². The minimum Gasteiger partial charge on any atom is -0.462 e. The number of ether oxygens (including phenoxy) is 2. The van der Waals surface area contributed by atoms with Gasteiger partial charge in [0.1, 0.15) is 6.10 Å². The van der Waals surface area contributed by atoms with Crippen LogP contribution in [0.2, 0.25) is 0 Å². The van der Waals surface area contributed by atoms with Crippen molar-refractivity contribution in [2.24, 2.45) is 17.3 Å². The molecule has 0 spiro atoms. The lowest BCUT2D eigenvalue weighted by Crippen LogP contribution is -2.69. The number of carbonyl (C=O) groups is 1. The molecule has 192 valence electrons. The van der Waals surface area contributed by atoms with Crippen molar-refractivity contribution in [2.45, 2.75) is 63.3 Å². The minimum absolute atomic E-state index is 0.0131. The molecule has 5 rings (SSSR count). The van der Waals surface area contributed by atoms with Crippen molar-refractivity contribution in [3.63, 3.8) is 0 Å². The molecular weight excluding hydrogens is 450 g/mol. The maximum Gasteiger partial charge on any atom is 0.310 e. The van der Waals surface area contributed by atoms with Crippen LogP contribution in [-0.4, -0.2) is 78.0 Å². The highest BCUT2D eigenvalue weighted by Crippen LogP contribution is 2.61. The molecule has 2 saturated carbocycles. The standard InChI is InChI=1S/C26H37N3O6/c1-24-9-4-10-25(2,34-3)26(24,31)15-20-21(23(30)35-22(20)16-24)17-27-11-13-28(14-12-27)18-5-7-19(8-6-18)29(32)33/h5-8,20-22,31H,4,9-17H2,1-3H3/t20-,21-,22-,24-,25-,26-/m1/s1. The lowest BCUT2D eigenvalue weighted by Gasteiger charge is -2.62. The molecule has 4 fully saturated rings. The molecule has 0 amide bonds. The van der Waals surface area contributed by atoms with E-state index in [1.165, 1.54) is 12.1 Å². The van der Waals surface area contributed by atoms with Crippen molar-refractivity contribution in [2.75, 3.05) is 44.7 Å². The maximum atomic E-state index is 13.0. The Morgan fingerprint density at radius 1 is 1.14 bits per heavy atom. The molecule has 2 heterocycles. The Morgan fingerprint density at radius 2 is 1.83 bits per heavy atom. The van der Waals surface area contributed by atoms with E-state index < -0.39 is 11.2 Å². The summed E-state index contributed by atoms with van der Waals surface area (Å²) in [6.07, 6.45) is 3.80. The van der Waals surface area contributed by atoms with Gasteiger partial charge in [-0.1, -0.05) is 6.92 Å². The molecule has 2 aliphatic heterocycles. The largest absolute Gasteiger partial charge is 0.462 e. The summed E-state index contributed by atoms with van der Waals surface area (Å²) < 4.78 is 11.8. The Hall–Kier alpha value is -2.23. The average Bonchev–Trinajstić information content (AvgIpc) is 3.12. The van der Waals surface area contributed by atoms with Gasteiger partial charge in [-0.15, -0.1) is 0 Å². The number of piperazine rings is 1. The van der Waals surface area contributed by atoms with Crippen LogP contribution in [0.25, 0.3) is 0 Å². The van der Waals surface area contributed by atoms with Crippen LogP contribution in [-0.2, 0) is 14.3 Å². The number of esters is 1. The summed E-state index contributed by atoms with van der Waals surface area (Å²) in [5, 5.41) is 23.0. The van der Waals surface area contributed by atoms with Crippen LogP contribution in [0.4, 0.5) is 11.4 Å². The van der Waals surface area contributed by atoms with Crippen LogP contribution >= 0.6 is 0 Å². The third-order valence-electron chi connectivity index (χ3n) is 9.71. The highest BCUT2D eigenvalue weighted by Gasteiger charge is 2.67. The van der Waals surface area contributed by atoms with E-state index in [2.05, 4.69) is 16.7 Å². The Bertz CT molecular complexity index is 980. The number of fused-ring (bicyclic) bond motifs is 2. The molecule has 9 heteroatoms. The van der Waals surface area contributed by atoms with Crippen LogP contribution in [0.1, 0.15) is 46.0 Å². The molecular formula is C26H37N3O6. The predicted octanol–water partition coefficient (Wildman–Crippen LogP) is 2.99. The van der Waals surface area contributed by atoms with Gasteiger partial charge in [-0.25, -0.2) is 0 Å². The van der Waals surface area contributed by atoms with Crippen LogP contribution in [0.3, 0.4) is 0 Å². The third kappa shape index (κ3) is 3.92. The van der Waals surface area contributed by atoms with E-state index in [-0.39, 0.29) is 39.9 Å². The molecule has 35 heavy (non-hydrogen) atoms. The van der Waals surface area contributed by atoms with E-state index in [4.69, 9.17) is 9.47 Å². The van der Waals surface area contributed by atoms with Crippen molar-refractivity contribution < 1.29 is 24.3 Å². The number of nitro benzene ring substituents is 1. The average molecular weight is 488 g/mol. The molecule has 0 aromatic heterocycles. The van der Waals surface area contributed by atoms with Crippen molar-refractivity contribution in [3.8, 4) is 0 Å². The fraction of sp³-hybridized carbons (Fsp3) is 0.731. The normalized spacial score (nSPS) is 39.6. The number of nitro groups is 1. The minimum atomic E-state index is -0.991. The monoisotopic (exact) mass is 487 g/mol. The third-order valence-corrected chi connectivity index (χ3v) is 9.71. The number of hydrogen-bond acceptors (Lipinski definition) is 8. The van der Waals surface area contributed by atoms with E-state index in [9.17, 15) is 20.0 Å². The number of hydrogen-bond donors (Lipinski definition) is 1. The first kappa shape index (κ1) is 24.5. The van der Waals surface area contributed by atoms with Gasteiger partial charge in [0.2, 0.25) is 0 Å². The lowest BCUT2D eigenvalue weighted by atomic mass is 9.49. The summed E-state index contributed by atoms with van der Waals surface area (Å²) in [4.78, 5) is 28.1. The SMILES string of the molecule is CO[C@]1(C)CCC[C@]2(C)C[C@H]3OC(=O)[C@H](CN4CCN(c5ccc([N+](=O)[O-])cc5)CC4)[C@H]3C[C@@]21O. The number of methoxy groups -OCH3 is 1. The van der Waals surface area contributed by atoms with Crippen molar-refractivity contribution in [3.05, 3.63) is 34.4 Å². The molecule has 6 atom stereocenters. The molecule has 1 aromatic carbocycles. The summed E-state index contributed by atoms with van der Waals surface area (Å²) in [6, 6.07) is 6.67. The van der Waals surface area contributed by atoms with E-state index >= 15 is 0 Å². The summed E-state index contributed by atoms with van der Waals surface area (Å²) in [6.45, 7) is 7.97. The van der Waals surface area contributed by atoms with E-state index in [1.54, 1.807) is 19.2 Å². The maximum absolute atomic E-state index is 13.0. The fourth-order valence-corrected chi connectivity index (χ4v) is 7.34. The second-order valence-electron chi connectivity index (χ2n) is 11.4. The van der Waals surface area contributed by atoms with Gasteiger partial charge in [-0.2, -0.15) is 0 Å². The van der Waals surface area contributed by atoms with Gasteiger partial charge in [0, 0.05) is 69.0 Å². The lowest BCUT2D eigenvalue weighted by molar-refractivity contribution is -0.384. The molecule has 0 radical (unpaired) electrons. The van der Waals surface area contributed by atoms with E-state index in [1.807, 2.05) is 6.92 Å². The number of aliphatic hydroxyl groups is 1. The molecule has 9 nitrogen and oxygen atoms in total. The Kier molecular flexibility index (Phi) is 6.09. The molecule has 0 bridgehead atoms. The van der Waals surface area contributed by atoms with E-state index in [0.29, 0.717) is 19.4 Å². The number of non-ortho nitro benzene ring substituents is 1. The van der Waals surface area contributed by atoms with Gasteiger partial charge in [0.25, 0.3) is 5.69 Å². The van der Waals surface area contributed by atoms with Gasteiger partial charge in [-0.05, 0) is 51.2 Å². The Morgan fingerprint density at radius 3 is 2.46 bits per heavy atom. The van der Waals surface area contributed by atoms with Crippen LogP contribution in [0, 0.1) is 27.4 Å². The zero-order chi connectivity index (χ0) is 25.0. The summed E-state index contributed by atoms with van der Waals surface area (Å²) in [5.74, 6) is -0.397. The first-order valence-corrected chi connectivity index (χ1v) is 12.8. The Labute approximate surface area is 206 Å². The van der Waals surface area contributed by atoms with Gasteiger partial charge in [0.05, 0.1) is 22.0 Å². The molecule has 4 aliphatic rings. The second-order valence-corrected chi connectivity index (χ2v) is 11.4. The van der Waals surface area contributed by atoms with Crippen LogP contribution in [0.5, 0.6) is 0 Å². The smallest absolute Gasteiger partial charge is 0.310 e. The zero-order valence-electron chi connectivity index (χ0n) is 20.9. The predicted molar refractivity (Wildman–Crippen MR) is 130 cm³/mol. The molecule has 1 aromatic rings. The topological polar surface area (TPSA) is 105 Å². The van der Waals surface area contributed by atoms with Crippen LogP contribution in [0.15, 0.2) is 24.3 Å². The molecule has 2 saturated heterocycles. The van der Waals surface area contributed by atoms with Gasteiger partial charge in [-0.3, -0.25) is 19.8 Å². The van der Waals surface area contributed by atoms with Gasteiger partial charge in [0.15, 0.2) is 0 Å². The number of benzene rings is 1.